The average Bonchev–Trinajstić information content (AvgIpc) is 2.33. The number of hydrogen-bond donors (Lipinski definition) is 2. The summed E-state index contributed by atoms with van der Waals surface area (Å²) in [6.45, 7) is 4.36. The molecule has 2 rings (SSSR count). The van der Waals surface area contributed by atoms with E-state index in [-0.39, 0.29) is 5.75 Å². The van der Waals surface area contributed by atoms with E-state index in [1.165, 1.54) is 6.07 Å². The van der Waals surface area contributed by atoms with Crippen LogP contribution in [-0.2, 0) is 6.54 Å². The van der Waals surface area contributed by atoms with Crippen LogP contribution in [0.4, 0.5) is 4.39 Å². The Morgan fingerprint density at radius 2 is 2.00 bits per heavy atom. The first-order valence-corrected chi connectivity index (χ1v) is 5.80. The Morgan fingerprint density at radius 3 is 2.71 bits per heavy atom. The molecule has 1 aromatic rings. The van der Waals surface area contributed by atoms with Gasteiger partial charge in [-0.25, -0.2) is 9.40 Å². The lowest BCUT2D eigenvalue weighted by molar-refractivity contribution is 0.102. The van der Waals surface area contributed by atoms with E-state index in [1.807, 2.05) is 0 Å². The standard InChI is InChI=1S/C12H18FN3O/c1-15-5-7-16(8-6-15)14-9-10-3-2-4-11(13)12(10)17/h2-4,14,17H,5-9H2,1H3. The van der Waals surface area contributed by atoms with E-state index in [9.17, 15) is 9.50 Å². The highest BCUT2D eigenvalue weighted by Gasteiger charge is 2.14. The SMILES string of the molecule is CN1CCN(NCc2cccc(F)c2O)CC1. The summed E-state index contributed by atoms with van der Waals surface area (Å²) < 4.78 is 13.1. The van der Waals surface area contributed by atoms with Crippen LogP contribution in [0.3, 0.4) is 0 Å². The largest absolute Gasteiger partial charge is 0.505 e. The third kappa shape index (κ3) is 3.15. The van der Waals surface area contributed by atoms with Crippen LogP contribution in [0, 0.1) is 5.82 Å². The first-order valence-electron chi connectivity index (χ1n) is 5.80. The molecular weight excluding hydrogens is 221 g/mol. The Bertz CT molecular complexity index is 378. The topological polar surface area (TPSA) is 38.7 Å². The first-order chi connectivity index (χ1) is 8.16. The van der Waals surface area contributed by atoms with Crippen LogP contribution in [0.5, 0.6) is 5.75 Å². The van der Waals surface area contributed by atoms with Crippen molar-refractivity contribution in [2.45, 2.75) is 6.54 Å². The maximum absolute atomic E-state index is 13.1. The molecule has 4 nitrogen and oxygen atoms in total. The van der Waals surface area contributed by atoms with Gasteiger partial charge < -0.3 is 10.0 Å². The van der Waals surface area contributed by atoms with Crippen molar-refractivity contribution >= 4 is 0 Å². The van der Waals surface area contributed by atoms with Gasteiger partial charge in [-0.3, -0.25) is 5.43 Å². The molecule has 0 bridgehead atoms. The molecule has 5 heteroatoms. The summed E-state index contributed by atoms with van der Waals surface area (Å²) in [5, 5.41) is 11.6. The zero-order valence-electron chi connectivity index (χ0n) is 9.99. The molecule has 0 radical (unpaired) electrons. The van der Waals surface area contributed by atoms with Crippen molar-refractivity contribution in [3.8, 4) is 5.75 Å². The lowest BCUT2D eigenvalue weighted by Gasteiger charge is -2.32. The smallest absolute Gasteiger partial charge is 0.165 e. The molecule has 0 aliphatic carbocycles. The van der Waals surface area contributed by atoms with E-state index < -0.39 is 5.82 Å². The molecule has 0 saturated carbocycles. The number of phenolic OH excluding ortho intramolecular Hbond substituents is 1. The molecule has 94 valence electrons. The summed E-state index contributed by atoms with van der Waals surface area (Å²) in [7, 11) is 2.09. The Balaban J connectivity index is 1.87. The van der Waals surface area contributed by atoms with E-state index in [1.54, 1.807) is 12.1 Å². The third-order valence-corrected chi connectivity index (χ3v) is 3.07. The molecule has 0 aromatic heterocycles. The number of aromatic hydroxyl groups is 1. The van der Waals surface area contributed by atoms with Gasteiger partial charge in [0.2, 0.25) is 0 Å². The van der Waals surface area contributed by atoms with Gasteiger partial charge in [0.15, 0.2) is 11.6 Å². The second kappa shape index (κ2) is 5.44. The molecule has 0 spiro atoms. The monoisotopic (exact) mass is 239 g/mol. The highest BCUT2D eigenvalue weighted by atomic mass is 19.1. The van der Waals surface area contributed by atoms with Crippen molar-refractivity contribution in [2.75, 3.05) is 33.2 Å². The molecule has 1 saturated heterocycles. The lowest BCUT2D eigenvalue weighted by atomic mass is 10.2. The van der Waals surface area contributed by atoms with Crippen molar-refractivity contribution in [1.82, 2.24) is 15.3 Å². The number of phenols is 1. The van der Waals surface area contributed by atoms with Crippen molar-refractivity contribution in [2.24, 2.45) is 0 Å². The van der Waals surface area contributed by atoms with E-state index in [2.05, 4.69) is 22.4 Å². The minimum atomic E-state index is -0.567. The van der Waals surface area contributed by atoms with E-state index in [4.69, 9.17) is 0 Å². The highest BCUT2D eigenvalue weighted by Crippen LogP contribution is 2.20. The lowest BCUT2D eigenvalue weighted by Crippen LogP contribution is -2.50. The zero-order valence-corrected chi connectivity index (χ0v) is 9.99. The fourth-order valence-corrected chi connectivity index (χ4v) is 1.86. The number of nitrogens with zero attached hydrogens (tertiary/aromatic N) is 2. The molecule has 1 aliphatic rings. The predicted octanol–water partition coefficient (Wildman–Crippen LogP) is 0.783. The Labute approximate surface area is 101 Å². The quantitative estimate of drug-likeness (QED) is 0.817. The minimum absolute atomic E-state index is 0.255. The van der Waals surface area contributed by atoms with Gasteiger partial charge >= 0.3 is 0 Å². The molecule has 0 amide bonds. The number of benzene rings is 1. The van der Waals surface area contributed by atoms with Crippen molar-refractivity contribution in [3.05, 3.63) is 29.6 Å². The predicted molar refractivity (Wildman–Crippen MR) is 64.0 cm³/mol. The number of piperazine rings is 1. The van der Waals surface area contributed by atoms with Crippen LogP contribution in [0.1, 0.15) is 5.56 Å². The van der Waals surface area contributed by atoms with Gasteiger partial charge in [0.05, 0.1) is 0 Å². The summed E-state index contributed by atoms with van der Waals surface area (Å²) in [6.07, 6.45) is 0. The number of para-hydroxylation sites is 1. The van der Waals surface area contributed by atoms with Crippen molar-refractivity contribution in [1.29, 1.82) is 0 Å². The molecule has 0 unspecified atom stereocenters. The number of nitrogens with one attached hydrogen (secondary N) is 1. The van der Waals surface area contributed by atoms with E-state index in [0.717, 1.165) is 26.2 Å². The second-order valence-electron chi connectivity index (χ2n) is 4.37. The third-order valence-electron chi connectivity index (χ3n) is 3.07. The van der Waals surface area contributed by atoms with Gasteiger partial charge in [-0.05, 0) is 13.1 Å². The van der Waals surface area contributed by atoms with Crippen LogP contribution < -0.4 is 5.43 Å². The first kappa shape index (κ1) is 12.3. The van der Waals surface area contributed by atoms with E-state index >= 15 is 0 Å². The Morgan fingerprint density at radius 1 is 1.29 bits per heavy atom. The molecule has 1 aromatic carbocycles. The van der Waals surface area contributed by atoms with E-state index in [0.29, 0.717) is 12.1 Å². The normalized spacial score (nSPS) is 18.5. The van der Waals surface area contributed by atoms with Gasteiger partial charge in [0.1, 0.15) is 0 Å². The van der Waals surface area contributed by atoms with Gasteiger partial charge in [-0.2, -0.15) is 0 Å². The average molecular weight is 239 g/mol. The van der Waals surface area contributed by atoms with Gasteiger partial charge in [0, 0.05) is 38.3 Å². The maximum atomic E-state index is 13.1. The summed E-state index contributed by atoms with van der Waals surface area (Å²) in [5.74, 6) is -0.822. The van der Waals surface area contributed by atoms with Gasteiger partial charge in [-0.15, -0.1) is 0 Å². The fourth-order valence-electron chi connectivity index (χ4n) is 1.86. The van der Waals surface area contributed by atoms with Gasteiger partial charge in [-0.1, -0.05) is 12.1 Å². The Kier molecular flexibility index (Phi) is 3.93. The number of rotatable bonds is 3. The molecule has 17 heavy (non-hydrogen) atoms. The summed E-state index contributed by atoms with van der Waals surface area (Å²) in [4.78, 5) is 2.26. The molecule has 1 aliphatic heterocycles. The van der Waals surface area contributed by atoms with Crippen LogP contribution >= 0.6 is 0 Å². The summed E-state index contributed by atoms with van der Waals surface area (Å²) in [6, 6.07) is 4.59. The summed E-state index contributed by atoms with van der Waals surface area (Å²) >= 11 is 0. The van der Waals surface area contributed by atoms with Crippen molar-refractivity contribution in [3.63, 3.8) is 0 Å². The molecule has 2 N–H and O–H groups in total. The molecular formula is C12H18FN3O. The number of halogens is 1. The molecule has 0 atom stereocenters. The van der Waals surface area contributed by atoms with Crippen LogP contribution in [0.2, 0.25) is 0 Å². The van der Waals surface area contributed by atoms with Crippen molar-refractivity contribution < 1.29 is 9.50 Å². The number of hydrogen-bond acceptors (Lipinski definition) is 4. The Hall–Kier alpha value is -1.17. The maximum Gasteiger partial charge on any atom is 0.165 e. The second-order valence-corrected chi connectivity index (χ2v) is 4.37. The molecule has 1 fully saturated rings. The number of likely N-dealkylation sites (N-methyl/N-ethyl adjacent to an activating group) is 1. The minimum Gasteiger partial charge on any atom is -0.505 e. The highest BCUT2D eigenvalue weighted by molar-refractivity contribution is 5.33. The number of hydrazine groups is 1. The van der Waals surface area contributed by atoms with Crippen LogP contribution in [0.15, 0.2) is 18.2 Å². The molecule has 1 heterocycles. The zero-order chi connectivity index (χ0) is 12.3. The fraction of sp³-hybridized carbons (Fsp3) is 0.500. The van der Waals surface area contributed by atoms with Crippen LogP contribution in [-0.4, -0.2) is 48.2 Å². The van der Waals surface area contributed by atoms with Crippen LogP contribution in [0.25, 0.3) is 0 Å². The summed E-state index contributed by atoms with van der Waals surface area (Å²) in [5.41, 5.74) is 3.79. The van der Waals surface area contributed by atoms with Gasteiger partial charge in [0.25, 0.3) is 0 Å².